The maximum atomic E-state index is 12.8. The summed E-state index contributed by atoms with van der Waals surface area (Å²) in [5, 5.41) is 2.55. The maximum Gasteiger partial charge on any atom is 0.224 e. The predicted molar refractivity (Wildman–Crippen MR) is 48.6 cm³/mol. The summed E-state index contributed by atoms with van der Waals surface area (Å²) in [5.74, 6) is -0.866. The van der Waals surface area contributed by atoms with Crippen LogP contribution in [0.4, 0.5) is 10.1 Å². The van der Waals surface area contributed by atoms with E-state index in [4.69, 9.17) is 0 Å². The van der Waals surface area contributed by atoms with Crippen LogP contribution in [0.3, 0.4) is 0 Å². The van der Waals surface area contributed by atoms with E-state index in [0.29, 0.717) is 5.69 Å². The van der Waals surface area contributed by atoms with Gasteiger partial charge in [0.1, 0.15) is 5.82 Å². The fourth-order valence-corrected chi connectivity index (χ4v) is 1.43. The molecule has 14 heavy (non-hydrogen) atoms. The van der Waals surface area contributed by atoms with Gasteiger partial charge in [0.15, 0.2) is 5.78 Å². The first-order chi connectivity index (χ1) is 6.66. The number of amides is 1. The molecule has 1 aliphatic heterocycles. The van der Waals surface area contributed by atoms with Crippen LogP contribution in [0.25, 0.3) is 0 Å². The van der Waals surface area contributed by atoms with Gasteiger partial charge in [-0.2, -0.15) is 0 Å². The molecule has 0 unspecified atom stereocenters. The molecule has 0 atom stereocenters. The summed E-state index contributed by atoms with van der Waals surface area (Å²) in [4.78, 5) is 22.6. The fraction of sp³-hybridized carbons (Fsp3) is 0.200. The first kappa shape index (κ1) is 8.87. The molecule has 2 rings (SSSR count). The van der Waals surface area contributed by atoms with Gasteiger partial charge in [-0.05, 0) is 18.2 Å². The van der Waals surface area contributed by atoms with Gasteiger partial charge in [0.2, 0.25) is 5.91 Å². The van der Waals surface area contributed by atoms with Crippen molar-refractivity contribution in [1.82, 2.24) is 0 Å². The average Bonchev–Trinajstić information content (AvgIpc) is 2.29. The lowest BCUT2D eigenvalue weighted by Gasteiger charge is -2.04. The van der Waals surface area contributed by atoms with Crippen molar-refractivity contribution >= 4 is 17.4 Å². The molecular formula is C10H8FNO2. The lowest BCUT2D eigenvalue weighted by Crippen LogP contribution is -2.09. The van der Waals surface area contributed by atoms with Crippen molar-refractivity contribution in [3.8, 4) is 0 Å². The van der Waals surface area contributed by atoms with E-state index in [1.807, 2.05) is 0 Å². The largest absolute Gasteiger partial charge is 0.325 e. The quantitative estimate of drug-likeness (QED) is 0.682. The molecular weight excluding hydrogens is 185 g/mol. The van der Waals surface area contributed by atoms with Gasteiger partial charge in [-0.25, -0.2) is 4.39 Å². The molecule has 1 amide bonds. The van der Waals surface area contributed by atoms with Crippen LogP contribution in [0.2, 0.25) is 0 Å². The summed E-state index contributed by atoms with van der Waals surface area (Å²) < 4.78 is 12.8. The Hall–Kier alpha value is -1.71. The molecule has 1 aromatic rings. The highest BCUT2D eigenvalue weighted by Gasteiger charge is 2.19. The number of carbonyl (C=O) groups excluding carboxylic acids is 2. The Morgan fingerprint density at radius 3 is 2.79 bits per heavy atom. The summed E-state index contributed by atoms with van der Waals surface area (Å²) in [6.07, 6.45) is 0.303. The number of carbonyl (C=O) groups is 2. The first-order valence-electron chi connectivity index (χ1n) is 4.29. The zero-order valence-electron chi connectivity index (χ0n) is 7.34. The number of anilines is 1. The molecule has 0 spiro atoms. The summed E-state index contributed by atoms with van der Waals surface area (Å²) in [6, 6.07) is 3.78. The molecule has 1 aromatic carbocycles. The molecule has 0 aliphatic carbocycles. The first-order valence-corrected chi connectivity index (χ1v) is 4.29. The zero-order valence-corrected chi connectivity index (χ0v) is 7.34. The van der Waals surface area contributed by atoms with Crippen molar-refractivity contribution in [1.29, 1.82) is 0 Å². The average molecular weight is 193 g/mol. The molecule has 0 aromatic heterocycles. The number of nitrogens with one attached hydrogen (secondary N) is 1. The number of hydrogen-bond donors (Lipinski definition) is 1. The van der Waals surface area contributed by atoms with Crippen molar-refractivity contribution < 1.29 is 14.0 Å². The van der Waals surface area contributed by atoms with Crippen molar-refractivity contribution in [2.45, 2.75) is 12.8 Å². The Morgan fingerprint density at radius 1 is 1.21 bits per heavy atom. The summed E-state index contributed by atoms with van der Waals surface area (Å²) >= 11 is 0. The molecule has 3 nitrogen and oxygen atoms in total. The zero-order chi connectivity index (χ0) is 10.1. The van der Waals surface area contributed by atoms with E-state index >= 15 is 0 Å². The van der Waals surface area contributed by atoms with Crippen molar-refractivity contribution in [2.75, 3.05) is 5.32 Å². The number of halogens is 1. The topological polar surface area (TPSA) is 46.2 Å². The molecule has 1 N–H and O–H groups in total. The van der Waals surface area contributed by atoms with Gasteiger partial charge < -0.3 is 5.32 Å². The molecule has 0 radical (unpaired) electrons. The van der Waals surface area contributed by atoms with E-state index in [9.17, 15) is 14.0 Å². The minimum atomic E-state index is -0.465. The minimum absolute atomic E-state index is 0.141. The molecule has 4 heteroatoms. The second kappa shape index (κ2) is 3.21. The monoisotopic (exact) mass is 193 g/mol. The van der Waals surface area contributed by atoms with E-state index in [0.717, 1.165) is 6.07 Å². The van der Waals surface area contributed by atoms with Crippen LogP contribution in [0.5, 0.6) is 0 Å². The highest BCUT2D eigenvalue weighted by Crippen LogP contribution is 2.22. The van der Waals surface area contributed by atoms with Crippen molar-refractivity contribution in [2.24, 2.45) is 0 Å². The van der Waals surface area contributed by atoms with Gasteiger partial charge >= 0.3 is 0 Å². The molecule has 72 valence electrons. The van der Waals surface area contributed by atoms with Crippen molar-refractivity contribution in [3.63, 3.8) is 0 Å². The van der Waals surface area contributed by atoms with Gasteiger partial charge in [-0.1, -0.05) is 0 Å². The standard InChI is InChI=1S/C10H8FNO2/c11-6-1-2-8-7(5-6)9(13)3-4-10(14)12-8/h1-2,5H,3-4H2,(H,12,14). The van der Waals surface area contributed by atoms with Crippen LogP contribution in [-0.2, 0) is 4.79 Å². The summed E-state index contributed by atoms with van der Waals surface area (Å²) in [5.41, 5.74) is 0.662. The second-order valence-electron chi connectivity index (χ2n) is 3.16. The highest BCUT2D eigenvalue weighted by molar-refractivity contribution is 6.08. The van der Waals surface area contributed by atoms with Crippen LogP contribution in [0.15, 0.2) is 18.2 Å². The maximum absolute atomic E-state index is 12.8. The van der Waals surface area contributed by atoms with Crippen LogP contribution in [0, 0.1) is 5.82 Å². The lowest BCUT2D eigenvalue weighted by molar-refractivity contribution is -0.116. The number of fused-ring (bicyclic) bond motifs is 1. The molecule has 0 fully saturated rings. The normalized spacial score (nSPS) is 15.8. The smallest absolute Gasteiger partial charge is 0.224 e. The van der Waals surface area contributed by atoms with E-state index in [-0.39, 0.29) is 30.1 Å². The molecule has 0 saturated heterocycles. The molecule has 1 heterocycles. The minimum Gasteiger partial charge on any atom is -0.325 e. The third-order valence-electron chi connectivity index (χ3n) is 2.14. The SMILES string of the molecule is O=C1CCC(=O)c2cc(F)ccc2N1. The Labute approximate surface area is 79.9 Å². The third-order valence-corrected chi connectivity index (χ3v) is 2.14. The van der Waals surface area contributed by atoms with Crippen LogP contribution < -0.4 is 5.32 Å². The molecule has 1 aliphatic rings. The highest BCUT2D eigenvalue weighted by atomic mass is 19.1. The van der Waals surface area contributed by atoms with E-state index < -0.39 is 5.82 Å². The predicted octanol–water partition coefficient (Wildman–Crippen LogP) is 1.74. The molecule has 0 bridgehead atoms. The van der Waals surface area contributed by atoms with E-state index in [2.05, 4.69) is 5.32 Å². The van der Waals surface area contributed by atoms with Gasteiger partial charge in [-0.3, -0.25) is 9.59 Å². The van der Waals surface area contributed by atoms with Gasteiger partial charge in [0.05, 0.1) is 5.69 Å². The van der Waals surface area contributed by atoms with E-state index in [1.54, 1.807) is 0 Å². The Balaban J connectivity index is 2.52. The Kier molecular flexibility index (Phi) is 2.04. The Bertz CT molecular complexity index is 415. The number of rotatable bonds is 0. The van der Waals surface area contributed by atoms with Gasteiger partial charge in [-0.15, -0.1) is 0 Å². The number of ketones is 1. The van der Waals surface area contributed by atoms with Crippen LogP contribution in [-0.4, -0.2) is 11.7 Å². The Morgan fingerprint density at radius 2 is 2.00 bits per heavy atom. The second-order valence-corrected chi connectivity index (χ2v) is 3.16. The van der Waals surface area contributed by atoms with Gasteiger partial charge in [0.25, 0.3) is 0 Å². The third kappa shape index (κ3) is 1.51. The van der Waals surface area contributed by atoms with Crippen LogP contribution in [0.1, 0.15) is 23.2 Å². The number of hydrogen-bond acceptors (Lipinski definition) is 2. The van der Waals surface area contributed by atoms with Gasteiger partial charge in [0, 0.05) is 18.4 Å². The van der Waals surface area contributed by atoms with Crippen molar-refractivity contribution in [3.05, 3.63) is 29.6 Å². The summed E-state index contributed by atoms with van der Waals surface area (Å²) in [6.45, 7) is 0. The van der Waals surface area contributed by atoms with Crippen LogP contribution >= 0.6 is 0 Å². The number of benzene rings is 1. The lowest BCUT2D eigenvalue weighted by atomic mass is 10.1. The van der Waals surface area contributed by atoms with E-state index in [1.165, 1.54) is 12.1 Å². The molecule has 0 saturated carbocycles. The fourth-order valence-electron chi connectivity index (χ4n) is 1.43. The number of Topliss-reactive ketones (excluding diaryl/α,β-unsaturated/α-hetero) is 1. The summed E-state index contributed by atoms with van der Waals surface area (Å²) in [7, 11) is 0.